The molecule has 0 aromatic rings. The average Bonchev–Trinajstić information content (AvgIpc) is 3.30. The van der Waals surface area contributed by atoms with Gasteiger partial charge < -0.3 is 15.5 Å². The van der Waals surface area contributed by atoms with Crippen molar-refractivity contribution in [1.29, 1.82) is 0 Å². The molecule has 0 bridgehead atoms. The standard InChI is InChI=1S/C60H109NO3/c1-3-5-7-9-11-13-15-17-19-21-23-25-27-29-30-32-33-35-37-39-41-43-45-47-49-51-53-55-59(63)58(57-62)61-60(64)56-54-52-50-48-46-44-42-40-38-36-34-31-28-26-24-22-20-18-16-14-12-10-8-6-4-2/h6,8,12,14,18,20,24,26,31,34,53,55,58-59,62-63H,3-5,7,9-11,13,15-17,19,21-23,25,27-30,32-33,35-52,54,56-57H2,1-2H3,(H,61,64)/b8-6-,14-12-,20-18-,26-24-,34-31-,55-53+. The van der Waals surface area contributed by atoms with Crippen LogP contribution in [0.15, 0.2) is 72.9 Å². The van der Waals surface area contributed by atoms with Crippen LogP contribution < -0.4 is 5.32 Å². The van der Waals surface area contributed by atoms with Crippen molar-refractivity contribution in [2.45, 2.75) is 296 Å². The van der Waals surface area contributed by atoms with Gasteiger partial charge in [0, 0.05) is 6.42 Å². The number of allylic oxidation sites excluding steroid dienone is 11. The molecule has 2 atom stereocenters. The number of aliphatic hydroxyl groups excluding tert-OH is 2. The third-order valence-electron chi connectivity index (χ3n) is 12.7. The van der Waals surface area contributed by atoms with Crippen LogP contribution in [0.1, 0.15) is 284 Å². The highest BCUT2D eigenvalue weighted by atomic mass is 16.3. The molecule has 0 fully saturated rings. The second-order valence-electron chi connectivity index (χ2n) is 19.0. The zero-order valence-corrected chi connectivity index (χ0v) is 42.8. The predicted molar refractivity (Wildman–Crippen MR) is 285 cm³/mol. The van der Waals surface area contributed by atoms with Gasteiger partial charge in [-0.15, -0.1) is 0 Å². The van der Waals surface area contributed by atoms with E-state index in [1.165, 1.54) is 205 Å². The van der Waals surface area contributed by atoms with Gasteiger partial charge in [-0.2, -0.15) is 0 Å². The summed E-state index contributed by atoms with van der Waals surface area (Å²) < 4.78 is 0. The minimum absolute atomic E-state index is 0.0702. The predicted octanol–water partition coefficient (Wildman–Crippen LogP) is 18.6. The molecule has 0 aromatic heterocycles. The van der Waals surface area contributed by atoms with Crippen molar-refractivity contribution in [2.75, 3.05) is 6.61 Å². The Morgan fingerprint density at radius 2 is 0.688 bits per heavy atom. The van der Waals surface area contributed by atoms with E-state index in [0.29, 0.717) is 6.42 Å². The smallest absolute Gasteiger partial charge is 0.220 e. The molecule has 0 rings (SSSR count). The van der Waals surface area contributed by atoms with Gasteiger partial charge in [0.25, 0.3) is 0 Å². The fourth-order valence-corrected chi connectivity index (χ4v) is 8.44. The number of nitrogens with one attached hydrogen (secondary N) is 1. The van der Waals surface area contributed by atoms with Gasteiger partial charge in [0.05, 0.1) is 18.8 Å². The Bertz CT molecular complexity index is 1100. The Morgan fingerprint density at radius 1 is 0.391 bits per heavy atom. The summed E-state index contributed by atoms with van der Waals surface area (Å²) in [6.07, 6.45) is 79.2. The Hall–Kier alpha value is -2.17. The van der Waals surface area contributed by atoms with Crippen LogP contribution in [0.2, 0.25) is 0 Å². The first-order valence-corrected chi connectivity index (χ1v) is 28.2. The first-order chi connectivity index (χ1) is 31.7. The lowest BCUT2D eigenvalue weighted by atomic mass is 10.0. The van der Waals surface area contributed by atoms with E-state index in [4.69, 9.17) is 0 Å². The second-order valence-corrected chi connectivity index (χ2v) is 19.0. The Balaban J connectivity index is 3.53. The summed E-state index contributed by atoms with van der Waals surface area (Å²) in [5.74, 6) is -0.0702. The van der Waals surface area contributed by atoms with Crippen molar-refractivity contribution in [3.8, 4) is 0 Å². The van der Waals surface area contributed by atoms with Gasteiger partial charge in [0.2, 0.25) is 5.91 Å². The molecule has 0 aliphatic rings. The summed E-state index contributed by atoms with van der Waals surface area (Å²) >= 11 is 0. The number of unbranched alkanes of at least 4 members (excludes halogenated alkanes) is 34. The Morgan fingerprint density at radius 3 is 1.03 bits per heavy atom. The molecular weight excluding hydrogens is 783 g/mol. The van der Waals surface area contributed by atoms with Gasteiger partial charge in [-0.3, -0.25) is 4.79 Å². The van der Waals surface area contributed by atoms with Crippen LogP contribution >= 0.6 is 0 Å². The monoisotopic (exact) mass is 892 g/mol. The molecule has 1 amide bonds. The van der Waals surface area contributed by atoms with Gasteiger partial charge in [-0.25, -0.2) is 0 Å². The van der Waals surface area contributed by atoms with Crippen LogP contribution in [0, 0.1) is 0 Å². The molecule has 0 aliphatic heterocycles. The SMILES string of the molecule is CC/C=C\C/C=C\C/C=C\C/C=C\C/C=C\CCCCCCCCCCCC(=O)NC(CO)C(O)/C=C/CCCCCCCCCCCCCCCCCCCCCCCCCCC. The maximum atomic E-state index is 12.5. The number of carbonyl (C=O) groups excluding carboxylic acids is 1. The molecule has 2 unspecified atom stereocenters. The molecule has 0 saturated heterocycles. The van der Waals surface area contributed by atoms with Crippen molar-refractivity contribution in [3.63, 3.8) is 0 Å². The van der Waals surface area contributed by atoms with Crippen LogP contribution in [-0.4, -0.2) is 34.9 Å². The first kappa shape index (κ1) is 61.8. The topological polar surface area (TPSA) is 69.6 Å². The van der Waals surface area contributed by atoms with Crippen molar-refractivity contribution >= 4 is 5.91 Å². The van der Waals surface area contributed by atoms with Gasteiger partial charge in [0.15, 0.2) is 0 Å². The average molecular weight is 893 g/mol. The van der Waals surface area contributed by atoms with E-state index in [9.17, 15) is 15.0 Å². The van der Waals surface area contributed by atoms with Crippen LogP contribution in [0.5, 0.6) is 0 Å². The van der Waals surface area contributed by atoms with Gasteiger partial charge in [0.1, 0.15) is 0 Å². The van der Waals surface area contributed by atoms with E-state index >= 15 is 0 Å². The summed E-state index contributed by atoms with van der Waals surface area (Å²) in [4.78, 5) is 12.5. The van der Waals surface area contributed by atoms with Gasteiger partial charge >= 0.3 is 0 Å². The molecule has 0 spiro atoms. The van der Waals surface area contributed by atoms with Gasteiger partial charge in [-0.05, 0) is 64.2 Å². The zero-order valence-electron chi connectivity index (χ0n) is 42.8. The Labute approximate surface area is 399 Å². The van der Waals surface area contributed by atoms with Crippen molar-refractivity contribution in [2.24, 2.45) is 0 Å². The number of hydrogen-bond donors (Lipinski definition) is 3. The molecule has 4 nitrogen and oxygen atoms in total. The molecule has 0 heterocycles. The molecule has 0 radical (unpaired) electrons. The summed E-state index contributed by atoms with van der Waals surface area (Å²) in [6.45, 7) is 4.21. The van der Waals surface area contributed by atoms with Crippen LogP contribution in [0.3, 0.4) is 0 Å². The van der Waals surface area contributed by atoms with E-state index in [-0.39, 0.29) is 12.5 Å². The molecule has 3 N–H and O–H groups in total. The molecular formula is C60H109NO3. The summed E-state index contributed by atoms with van der Waals surface area (Å²) in [5, 5.41) is 23.2. The molecule has 372 valence electrons. The van der Waals surface area contributed by atoms with E-state index < -0.39 is 12.1 Å². The van der Waals surface area contributed by atoms with E-state index in [0.717, 1.165) is 57.8 Å². The molecule has 0 aromatic carbocycles. The third-order valence-corrected chi connectivity index (χ3v) is 12.7. The maximum absolute atomic E-state index is 12.5. The third kappa shape index (κ3) is 50.8. The fourth-order valence-electron chi connectivity index (χ4n) is 8.44. The number of amides is 1. The van der Waals surface area contributed by atoms with Crippen molar-refractivity contribution in [3.05, 3.63) is 72.9 Å². The molecule has 0 saturated carbocycles. The molecule has 0 aliphatic carbocycles. The van der Waals surface area contributed by atoms with Crippen LogP contribution in [-0.2, 0) is 4.79 Å². The highest BCUT2D eigenvalue weighted by Crippen LogP contribution is 2.17. The fraction of sp³-hybridized carbons (Fsp3) is 0.783. The van der Waals surface area contributed by atoms with Crippen LogP contribution in [0.4, 0.5) is 0 Å². The summed E-state index contributed by atoms with van der Waals surface area (Å²) in [5.41, 5.74) is 0. The normalized spacial score (nSPS) is 13.4. The van der Waals surface area contributed by atoms with Crippen molar-refractivity contribution < 1.29 is 15.0 Å². The van der Waals surface area contributed by atoms with Gasteiger partial charge in [-0.1, -0.05) is 286 Å². The number of carbonyl (C=O) groups is 1. The lowest BCUT2D eigenvalue weighted by molar-refractivity contribution is -0.123. The Kier molecular flexibility index (Phi) is 53.3. The lowest BCUT2D eigenvalue weighted by Gasteiger charge is -2.20. The zero-order chi connectivity index (χ0) is 46.3. The summed E-state index contributed by atoms with van der Waals surface area (Å²) in [7, 11) is 0. The van der Waals surface area contributed by atoms with Crippen molar-refractivity contribution in [1.82, 2.24) is 5.32 Å². The number of rotatable bonds is 51. The number of hydrogen-bond acceptors (Lipinski definition) is 3. The molecule has 4 heteroatoms. The molecule has 64 heavy (non-hydrogen) atoms. The minimum Gasteiger partial charge on any atom is -0.394 e. The lowest BCUT2D eigenvalue weighted by Crippen LogP contribution is -2.45. The quantitative estimate of drug-likeness (QED) is 0.0421. The summed E-state index contributed by atoms with van der Waals surface area (Å²) in [6, 6.07) is -0.631. The first-order valence-electron chi connectivity index (χ1n) is 28.2. The van der Waals surface area contributed by atoms with E-state index in [2.05, 4.69) is 79.9 Å². The van der Waals surface area contributed by atoms with E-state index in [1.54, 1.807) is 6.08 Å². The highest BCUT2D eigenvalue weighted by Gasteiger charge is 2.18. The minimum atomic E-state index is -0.847. The van der Waals surface area contributed by atoms with Crippen LogP contribution in [0.25, 0.3) is 0 Å². The highest BCUT2D eigenvalue weighted by molar-refractivity contribution is 5.76. The second kappa shape index (κ2) is 55.2. The van der Waals surface area contributed by atoms with E-state index in [1.807, 2.05) is 6.08 Å². The maximum Gasteiger partial charge on any atom is 0.220 e. The number of aliphatic hydroxyl groups is 2. The largest absolute Gasteiger partial charge is 0.394 e.